The first kappa shape index (κ1) is 12.6. The Morgan fingerprint density at radius 3 is 2.67 bits per heavy atom. The van der Waals surface area contributed by atoms with E-state index in [1.165, 1.54) is 4.68 Å². The average molecular weight is 264 g/mol. The Labute approximate surface area is 110 Å². The van der Waals surface area contributed by atoms with Crippen LogP contribution >= 0.6 is 11.6 Å². The van der Waals surface area contributed by atoms with Crippen molar-refractivity contribution in [1.29, 1.82) is 0 Å². The molecule has 0 bridgehead atoms. The van der Waals surface area contributed by atoms with Gasteiger partial charge in [0.15, 0.2) is 0 Å². The zero-order chi connectivity index (χ0) is 13.0. The fourth-order valence-electron chi connectivity index (χ4n) is 1.62. The quantitative estimate of drug-likeness (QED) is 0.921. The zero-order valence-electron chi connectivity index (χ0n) is 10.1. The van der Waals surface area contributed by atoms with Crippen LogP contribution in [-0.2, 0) is 6.54 Å². The number of nitrogens with zero attached hydrogens (tertiary/aromatic N) is 2. The van der Waals surface area contributed by atoms with E-state index < -0.39 is 0 Å². The van der Waals surface area contributed by atoms with E-state index in [1.54, 1.807) is 24.4 Å². The summed E-state index contributed by atoms with van der Waals surface area (Å²) in [6.07, 6.45) is 1.65. The maximum Gasteiger partial charge on any atom is 0.269 e. The maximum atomic E-state index is 11.8. The van der Waals surface area contributed by atoms with Gasteiger partial charge in [0.25, 0.3) is 5.56 Å². The third-order valence-electron chi connectivity index (χ3n) is 2.50. The monoisotopic (exact) mass is 263 g/mol. The molecule has 4 nitrogen and oxygen atoms in total. The normalized spacial score (nSPS) is 10.3. The lowest BCUT2D eigenvalue weighted by Crippen LogP contribution is -2.23. The first-order valence-corrected chi connectivity index (χ1v) is 6.12. The smallest absolute Gasteiger partial charge is 0.269 e. The van der Waals surface area contributed by atoms with E-state index >= 15 is 0 Å². The molecule has 18 heavy (non-hydrogen) atoms. The number of benzene rings is 1. The molecule has 1 N–H and O–H groups in total. The van der Waals surface area contributed by atoms with Gasteiger partial charge in [-0.15, -0.1) is 0 Å². The van der Waals surface area contributed by atoms with Crippen LogP contribution in [0.3, 0.4) is 0 Å². The van der Waals surface area contributed by atoms with Crippen LogP contribution in [0.25, 0.3) is 0 Å². The van der Waals surface area contributed by atoms with Crippen LogP contribution < -0.4 is 10.9 Å². The number of halogens is 1. The molecule has 94 valence electrons. The molecule has 0 amide bonds. The second-order valence-corrected chi connectivity index (χ2v) is 4.33. The fourth-order valence-corrected chi connectivity index (χ4v) is 1.74. The van der Waals surface area contributed by atoms with Crippen molar-refractivity contribution in [2.24, 2.45) is 0 Å². The van der Waals surface area contributed by atoms with Crippen molar-refractivity contribution in [3.05, 3.63) is 57.5 Å². The van der Waals surface area contributed by atoms with E-state index in [2.05, 4.69) is 10.4 Å². The van der Waals surface area contributed by atoms with E-state index in [0.29, 0.717) is 11.6 Å². The van der Waals surface area contributed by atoms with Crippen LogP contribution in [0.2, 0.25) is 5.02 Å². The summed E-state index contributed by atoms with van der Waals surface area (Å²) in [6, 6.07) is 8.92. The highest BCUT2D eigenvalue weighted by Gasteiger charge is 2.01. The molecular weight excluding hydrogens is 250 g/mol. The minimum absolute atomic E-state index is 0.122. The molecule has 1 heterocycles. The van der Waals surface area contributed by atoms with Gasteiger partial charge in [-0.2, -0.15) is 5.10 Å². The van der Waals surface area contributed by atoms with Gasteiger partial charge in [-0.3, -0.25) is 4.79 Å². The molecule has 0 aliphatic heterocycles. The van der Waals surface area contributed by atoms with Gasteiger partial charge in [-0.25, -0.2) is 4.68 Å². The molecule has 0 aliphatic carbocycles. The van der Waals surface area contributed by atoms with Gasteiger partial charge in [0.2, 0.25) is 0 Å². The summed E-state index contributed by atoms with van der Waals surface area (Å²) < 4.78 is 1.42. The number of hydrogen-bond acceptors (Lipinski definition) is 3. The lowest BCUT2D eigenvalue weighted by atomic mass is 10.2. The number of anilines is 1. The van der Waals surface area contributed by atoms with Gasteiger partial charge >= 0.3 is 0 Å². The molecule has 5 heteroatoms. The number of nitrogens with one attached hydrogen (secondary N) is 1. The third kappa shape index (κ3) is 3.11. The summed E-state index contributed by atoms with van der Waals surface area (Å²) >= 11 is 5.81. The first-order valence-electron chi connectivity index (χ1n) is 5.74. The highest BCUT2D eigenvalue weighted by molar-refractivity contribution is 6.30. The molecule has 0 saturated carbocycles. The van der Waals surface area contributed by atoms with Gasteiger partial charge in [0.05, 0.1) is 18.4 Å². The molecule has 0 atom stereocenters. The summed E-state index contributed by atoms with van der Waals surface area (Å²) in [5.41, 5.74) is 1.61. The SMILES string of the molecule is CCNc1cnn(Cc2ccc(Cl)cc2)c(=O)c1. The highest BCUT2D eigenvalue weighted by atomic mass is 35.5. The van der Waals surface area contributed by atoms with Crippen molar-refractivity contribution in [1.82, 2.24) is 9.78 Å². The molecular formula is C13H14ClN3O. The van der Waals surface area contributed by atoms with Crippen LogP contribution in [-0.4, -0.2) is 16.3 Å². The van der Waals surface area contributed by atoms with Crippen LogP contribution in [0.4, 0.5) is 5.69 Å². The molecule has 0 unspecified atom stereocenters. The standard InChI is InChI=1S/C13H14ClN3O/c1-2-15-12-7-13(18)17(16-8-12)9-10-3-5-11(14)6-4-10/h3-8,15H,2,9H2,1H3. The molecule has 0 spiro atoms. The van der Waals surface area contributed by atoms with Crippen LogP contribution in [0.15, 0.2) is 41.3 Å². The number of aromatic nitrogens is 2. The summed E-state index contributed by atoms with van der Waals surface area (Å²) in [7, 11) is 0. The average Bonchev–Trinajstić information content (AvgIpc) is 2.36. The molecule has 2 rings (SSSR count). The lowest BCUT2D eigenvalue weighted by molar-refractivity contribution is 0.639. The maximum absolute atomic E-state index is 11.8. The van der Waals surface area contributed by atoms with E-state index in [-0.39, 0.29) is 5.56 Å². The van der Waals surface area contributed by atoms with Gasteiger partial charge in [0, 0.05) is 17.6 Å². The van der Waals surface area contributed by atoms with Crippen molar-refractivity contribution >= 4 is 17.3 Å². The van der Waals surface area contributed by atoms with Crippen LogP contribution in [0, 0.1) is 0 Å². The topological polar surface area (TPSA) is 46.9 Å². The Balaban J connectivity index is 2.19. The summed E-state index contributed by atoms with van der Waals surface area (Å²) in [5, 5.41) is 7.86. The van der Waals surface area contributed by atoms with E-state index in [1.807, 2.05) is 19.1 Å². The molecule has 0 aliphatic rings. The third-order valence-corrected chi connectivity index (χ3v) is 2.75. The summed E-state index contributed by atoms with van der Waals surface area (Å²) in [5.74, 6) is 0. The van der Waals surface area contributed by atoms with Crippen molar-refractivity contribution < 1.29 is 0 Å². The van der Waals surface area contributed by atoms with Gasteiger partial charge in [0.1, 0.15) is 0 Å². The Kier molecular flexibility index (Phi) is 3.99. The van der Waals surface area contributed by atoms with Gasteiger partial charge < -0.3 is 5.32 Å². The highest BCUT2D eigenvalue weighted by Crippen LogP contribution is 2.10. The number of hydrogen-bond donors (Lipinski definition) is 1. The van der Waals surface area contributed by atoms with E-state index in [4.69, 9.17) is 11.6 Å². The predicted molar refractivity (Wildman–Crippen MR) is 73.2 cm³/mol. The zero-order valence-corrected chi connectivity index (χ0v) is 10.8. The molecule has 0 fully saturated rings. The van der Waals surface area contributed by atoms with Crippen molar-refractivity contribution in [3.8, 4) is 0 Å². The van der Waals surface area contributed by atoms with E-state index in [9.17, 15) is 4.79 Å². The van der Waals surface area contributed by atoms with Crippen LogP contribution in [0.5, 0.6) is 0 Å². The van der Waals surface area contributed by atoms with Crippen molar-refractivity contribution in [2.75, 3.05) is 11.9 Å². The molecule has 2 aromatic rings. The van der Waals surface area contributed by atoms with Gasteiger partial charge in [-0.05, 0) is 24.6 Å². The summed E-state index contributed by atoms with van der Waals surface area (Å²) in [4.78, 5) is 11.8. The Morgan fingerprint density at radius 1 is 1.33 bits per heavy atom. The largest absolute Gasteiger partial charge is 0.384 e. The predicted octanol–water partition coefficient (Wildman–Crippen LogP) is 2.38. The molecule has 0 saturated heterocycles. The second-order valence-electron chi connectivity index (χ2n) is 3.90. The Bertz CT molecular complexity index is 578. The number of rotatable bonds is 4. The minimum atomic E-state index is -0.122. The minimum Gasteiger partial charge on any atom is -0.384 e. The van der Waals surface area contributed by atoms with Gasteiger partial charge in [-0.1, -0.05) is 23.7 Å². The Hall–Kier alpha value is -1.81. The Morgan fingerprint density at radius 2 is 2.06 bits per heavy atom. The lowest BCUT2D eigenvalue weighted by Gasteiger charge is -2.06. The molecule has 1 aromatic carbocycles. The van der Waals surface area contributed by atoms with Crippen molar-refractivity contribution in [2.45, 2.75) is 13.5 Å². The molecule has 0 radical (unpaired) electrons. The van der Waals surface area contributed by atoms with Crippen molar-refractivity contribution in [3.63, 3.8) is 0 Å². The molecule has 1 aromatic heterocycles. The van der Waals surface area contributed by atoms with Crippen LogP contribution in [0.1, 0.15) is 12.5 Å². The summed E-state index contributed by atoms with van der Waals surface area (Å²) in [6.45, 7) is 3.18. The van der Waals surface area contributed by atoms with E-state index in [0.717, 1.165) is 17.8 Å². The first-order chi connectivity index (χ1) is 8.69. The second kappa shape index (κ2) is 5.69. The fraction of sp³-hybridized carbons (Fsp3) is 0.231.